The van der Waals surface area contributed by atoms with Crippen LogP contribution < -0.4 is 0 Å². The molecule has 1 aromatic rings. The lowest BCUT2D eigenvalue weighted by Gasteiger charge is -2.23. The Morgan fingerprint density at radius 3 is 2.94 bits per heavy atom. The van der Waals surface area contributed by atoms with Crippen molar-refractivity contribution in [2.45, 2.75) is 44.2 Å². The van der Waals surface area contributed by atoms with E-state index in [4.69, 9.17) is 0 Å². The third-order valence-corrected chi connectivity index (χ3v) is 4.14. The molecule has 0 amide bonds. The maximum Gasteiger partial charge on any atom is 0.0959 e. The third kappa shape index (κ3) is 3.23. The minimum absolute atomic E-state index is 0.614. The van der Waals surface area contributed by atoms with Gasteiger partial charge in [0.1, 0.15) is 0 Å². The fourth-order valence-electron chi connectivity index (χ4n) is 2.58. The van der Waals surface area contributed by atoms with Crippen molar-refractivity contribution in [2.24, 2.45) is 0 Å². The van der Waals surface area contributed by atoms with Crippen LogP contribution >= 0.6 is 11.8 Å². The number of thioether (sulfide) groups is 1. The summed E-state index contributed by atoms with van der Waals surface area (Å²) in [6, 6.07) is 5.05. The fourth-order valence-corrected chi connectivity index (χ4v) is 3.17. The molecule has 17 heavy (non-hydrogen) atoms. The van der Waals surface area contributed by atoms with Crippen LogP contribution in [0, 0.1) is 0 Å². The molecule has 0 aliphatic carbocycles. The summed E-state index contributed by atoms with van der Waals surface area (Å²) in [4.78, 5) is 7.14. The highest BCUT2D eigenvalue weighted by atomic mass is 32.2. The second-order valence-electron chi connectivity index (χ2n) is 4.56. The lowest BCUT2D eigenvalue weighted by Crippen LogP contribution is -2.24. The summed E-state index contributed by atoms with van der Waals surface area (Å²) < 4.78 is 0. The molecule has 1 saturated heterocycles. The molecule has 2 rings (SSSR count). The topological polar surface area (TPSA) is 16.1 Å². The zero-order valence-corrected chi connectivity index (χ0v) is 11.7. The fraction of sp³-hybridized carbons (Fsp3) is 0.643. The molecular formula is C14H22N2S. The molecule has 0 N–H and O–H groups in total. The Hall–Kier alpha value is -0.540. The standard InChI is InChI=1S/C14H22N2S/c1-3-9-16-10-5-6-13(16)12-7-8-14(15-11-12)17-4-2/h7-8,11,13H,3-6,9-10H2,1-2H3. The number of aromatic nitrogens is 1. The van der Waals surface area contributed by atoms with Crippen molar-refractivity contribution in [2.75, 3.05) is 18.8 Å². The Bertz CT molecular complexity index is 337. The summed E-state index contributed by atoms with van der Waals surface area (Å²) in [5.41, 5.74) is 1.40. The van der Waals surface area contributed by atoms with Gasteiger partial charge < -0.3 is 0 Å². The molecule has 1 unspecified atom stereocenters. The van der Waals surface area contributed by atoms with Crippen molar-refractivity contribution in [3.05, 3.63) is 23.9 Å². The van der Waals surface area contributed by atoms with E-state index in [1.165, 1.54) is 37.9 Å². The highest BCUT2D eigenvalue weighted by Crippen LogP contribution is 2.32. The van der Waals surface area contributed by atoms with Crippen LogP contribution in [0.3, 0.4) is 0 Å². The van der Waals surface area contributed by atoms with Crippen molar-refractivity contribution in [1.29, 1.82) is 0 Å². The van der Waals surface area contributed by atoms with E-state index in [9.17, 15) is 0 Å². The molecule has 1 atom stereocenters. The average molecular weight is 250 g/mol. The predicted octanol–water partition coefficient (Wildman–Crippen LogP) is 3.74. The van der Waals surface area contributed by atoms with Gasteiger partial charge in [-0.2, -0.15) is 0 Å². The lowest BCUT2D eigenvalue weighted by molar-refractivity contribution is 0.257. The Morgan fingerprint density at radius 1 is 1.41 bits per heavy atom. The van der Waals surface area contributed by atoms with Crippen LogP contribution in [0.25, 0.3) is 0 Å². The number of hydrogen-bond acceptors (Lipinski definition) is 3. The molecule has 1 aliphatic rings. The first kappa shape index (κ1) is 12.9. The van der Waals surface area contributed by atoms with Crippen LogP contribution in [0.1, 0.15) is 44.7 Å². The van der Waals surface area contributed by atoms with E-state index in [-0.39, 0.29) is 0 Å². The Balaban J connectivity index is 2.05. The number of likely N-dealkylation sites (tertiary alicyclic amines) is 1. The number of nitrogens with zero attached hydrogens (tertiary/aromatic N) is 2. The summed E-state index contributed by atoms with van der Waals surface area (Å²) in [5.74, 6) is 1.09. The molecule has 1 aromatic heterocycles. The monoisotopic (exact) mass is 250 g/mol. The van der Waals surface area contributed by atoms with Gasteiger partial charge in [0.25, 0.3) is 0 Å². The van der Waals surface area contributed by atoms with Gasteiger partial charge in [0.05, 0.1) is 5.03 Å². The molecular weight excluding hydrogens is 228 g/mol. The average Bonchev–Trinajstić information content (AvgIpc) is 2.79. The molecule has 0 saturated carbocycles. The van der Waals surface area contributed by atoms with Gasteiger partial charge in [-0.25, -0.2) is 4.98 Å². The van der Waals surface area contributed by atoms with E-state index in [1.807, 2.05) is 11.8 Å². The van der Waals surface area contributed by atoms with E-state index in [0.29, 0.717) is 6.04 Å². The van der Waals surface area contributed by atoms with E-state index < -0.39 is 0 Å². The summed E-state index contributed by atoms with van der Waals surface area (Å²) in [7, 11) is 0. The van der Waals surface area contributed by atoms with E-state index >= 15 is 0 Å². The van der Waals surface area contributed by atoms with E-state index in [2.05, 4.69) is 42.1 Å². The quantitative estimate of drug-likeness (QED) is 0.741. The maximum atomic E-state index is 4.54. The molecule has 3 heteroatoms. The SMILES string of the molecule is CCCN1CCCC1c1ccc(SCC)nc1. The van der Waals surface area contributed by atoms with Crippen LogP contribution in [0.4, 0.5) is 0 Å². The van der Waals surface area contributed by atoms with E-state index in [0.717, 1.165) is 10.8 Å². The first-order chi connectivity index (χ1) is 8.35. The van der Waals surface area contributed by atoms with Gasteiger partial charge >= 0.3 is 0 Å². The molecule has 0 spiro atoms. The Kier molecular flexibility index (Phi) is 4.86. The molecule has 0 bridgehead atoms. The van der Waals surface area contributed by atoms with Crippen LogP contribution in [-0.2, 0) is 0 Å². The maximum absolute atomic E-state index is 4.54. The van der Waals surface area contributed by atoms with Gasteiger partial charge in [-0.05, 0) is 49.7 Å². The first-order valence-electron chi connectivity index (χ1n) is 6.68. The Morgan fingerprint density at radius 2 is 2.29 bits per heavy atom. The Labute approximate surface area is 109 Å². The smallest absolute Gasteiger partial charge is 0.0959 e. The minimum atomic E-state index is 0.614. The first-order valence-corrected chi connectivity index (χ1v) is 7.66. The largest absolute Gasteiger partial charge is 0.296 e. The summed E-state index contributed by atoms with van der Waals surface area (Å²) in [6.45, 7) is 6.90. The van der Waals surface area contributed by atoms with E-state index in [1.54, 1.807) is 0 Å². The molecule has 2 nitrogen and oxygen atoms in total. The highest BCUT2D eigenvalue weighted by Gasteiger charge is 2.25. The van der Waals surface area contributed by atoms with Crippen molar-refractivity contribution in [3.8, 4) is 0 Å². The zero-order chi connectivity index (χ0) is 12.1. The van der Waals surface area contributed by atoms with Gasteiger partial charge in [-0.3, -0.25) is 4.90 Å². The molecule has 0 aromatic carbocycles. The van der Waals surface area contributed by atoms with Gasteiger partial charge in [-0.15, -0.1) is 11.8 Å². The van der Waals surface area contributed by atoms with Crippen molar-refractivity contribution in [1.82, 2.24) is 9.88 Å². The molecule has 94 valence electrons. The highest BCUT2D eigenvalue weighted by molar-refractivity contribution is 7.99. The summed E-state index contributed by atoms with van der Waals surface area (Å²) in [6.07, 6.45) is 5.95. The lowest BCUT2D eigenvalue weighted by atomic mass is 10.1. The summed E-state index contributed by atoms with van der Waals surface area (Å²) >= 11 is 1.81. The van der Waals surface area contributed by atoms with Crippen molar-refractivity contribution >= 4 is 11.8 Å². The van der Waals surface area contributed by atoms with Crippen LogP contribution in [0.5, 0.6) is 0 Å². The van der Waals surface area contributed by atoms with Gasteiger partial charge in [0.2, 0.25) is 0 Å². The van der Waals surface area contributed by atoms with Gasteiger partial charge in [0, 0.05) is 12.2 Å². The van der Waals surface area contributed by atoms with Crippen LogP contribution in [0.2, 0.25) is 0 Å². The van der Waals surface area contributed by atoms with Gasteiger partial charge in [0.15, 0.2) is 0 Å². The normalized spacial score (nSPS) is 20.9. The van der Waals surface area contributed by atoms with Gasteiger partial charge in [-0.1, -0.05) is 19.9 Å². The second-order valence-corrected chi connectivity index (χ2v) is 5.84. The van der Waals surface area contributed by atoms with Crippen molar-refractivity contribution < 1.29 is 0 Å². The molecule has 2 heterocycles. The van der Waals surface area contributed by atoms with Crippen LogP contribution in [-0.4, -0.2) is 28.7 Å². The van der Waals surface area contributed by atoms with Crippen LogP contribution in [0.15, 0.2) is 23.4 Å². The molecule has 1 fully saturated rings. The van der Waals surface area contributed by atoms with Crippen molar-refractivity contribution in [3.63, 3.8) is 0 Å². The number of rotatable bonds is 5. The molecule has 1 aliphatic heterocycles. The molecule has 0 radical (unpaired) electrons. The third-order valence-electron chi connectivity index (χ3n) is 3.31. The number of pyridine rings is 1. The summed E-state index contributed by atoms with van der Waals surface area (Å²) in [5, 5.41) is 1.15. The second kappa shape index (κ2) is 6.41. The minimum Gasteiger partial charge on any atom is -0.296 e. The zero-order valence-electron chi connectivity index (χ0n) is 10.9. The predicted molar refractivity (Wildman–Crippen MR) is 74.5 cm³/mol. The number of hydrogen-bond donors (Lipinski definition) is 0.